The molecule has 0 amide bonds. The third-order valence-electron chi connectivity index (χ3n) is 3.65. The van der Waals surface area contributed by atoms with E-state index in [1.54, 1.807) is 29.6 Å². The Morgan fingerprint density at radius 1 is 1.29 bits per heavy atom. The first-order valence-electron chi connectivity index (χ1n) is 7.71. The number of esters is 1. The summed E-state index contributed by atoms with van der Waals surface area (Å²) in [6.45, 7) is 6.24. The Bertz CT molecular complexity index is 767. The normalized spacial score (nSPS) is 11.5. The zero-order valence-electron chi connectivity index (χ0n) is 14.1. The first-order chi connectivity index (χ1) is 11.5. The number of carbonyl (C=O) groups is 2. The first kappa shape index (κ1) is 17.9. The Morgan fingerprint density at radius 3 is 2.75 bits per heavy atom. The van der Waals surface area contributed by atoms with Crippen LogP contribution in [-0.2, 0) is 16.1 Å². The van der Waals surface area contributed by atoms with Crippen LogP contribution in [-0.4, -0.2) is 22.9 Å². The Morgan fingerprint density at radius 2 is 2.08 bits per heavy atom. The molecule has 126 valence electrons. The van der Waals surface area contributed by atoms with Crippen molar-refractivity contribution in [2.45, 2.75) is 27.3 Å². The lowest BCUT2D eigenvalue weighted by Gasteiger charge is -2.08. The molecule has 0 spiro atoms. The number of rotatable bonds is 7. The van der Waals surface area contributed by atoms with E-state index in [-0.39, 0.29) is 12.4 Å². The molecule has 0 atom stereocenters. The summed E-state index contributed by atoms with van der Waals surface area (Å²) in [5.74, 6) is -0.706. The second-order valence-corrected chi connectivity index (χ2v) is 6.40. The topological polar surface area (TPSA) is 48.3 Å². The van der Waals surface area contributed by atoms with Gasteiger partial charge >= 0.3 is 5.97 Å². The van der Waals surface area contributed by atoms with Gasteiger partial charge in [-0.25, -0.2) is 4.79 Å². The van der Waals surface area contributed by atoms with Crippen LogP contribution in [0.4, 0.5) is 0 Å². The van der Waals surface area contributed by atoms with Crippen LogP contribution >= 0.6 is 11.3 Å². The largest absolute Gasteiger partial charge is 0.454 e. The van der Waals surface area contributed by atoms with Gasteiger partial charge in [-0.1, -0.05) is 24.3 Å². The number of ketones is 1. The summed E-state index contributed by atoms with van der Waals surface area (Å²) >= 11 is 1.69. The summed E-state index contributed by atoms with van der Waals surface area (Å²) in [7, 11) is 0. The maximum absolute atomic E-state index is 12.3. The fourth-order valence-electron chi connectivity index (χ4n) is 2.39. The molecule has 0 fully saturated rings. The van der Waals surface area contributed by atoms with E-state index >= 15 is 0 Å². The molecular weight excluding hydrogens is 322 g/mol. The summed E-state index contributed by atoms with van der Waals surface area (Å²) in [5.41, 5.74) is 2.52. The summed E-state index contributed by atoms with van der Waals surface area (Å²) in [6, 6.07) is 5.94. The average Bonchev–Trinajstić information content (AvgIpc) is 3.16. The number of allylic oxidation sites excluding steroid dienone is 3. The summed E-state index contributed by atoms with van der Waals surface area (Å²) in [4.78, 5) is 25.1. The average molecular weight is 343 g/mol. The molecule has 0 saturated carbocycles. The number of ether oxygens (including phenoxy) is 1. The fraction of sp³-hybridized carbons (Fsp3) is 0.263. The van der Waals surface area contributed by atoms with E-state index in [0.29, 0.717) is 5.56 Å². The molecule has 4 nitrogen and oxygen atoms in total. The van der Waals surface area contributed by atoms with Crippen molar-refractivity contribution in [2.75, 3.05) is 6.61 Å². The quantitative estimate of drug-likeness (QED) is 0.329. The number of aromatic nitrogens is 1. The van der Waals surface area contributed by atoms with Crippen molar-refractivity contribution in [3.05, 3.63) is 69.7 Å². The summed E-state index contributed by atoms with van der Waals surface area (Å²) in [6.07, 6.45) is 6.41. The highest BCUT2D eigenvalue weighted by atomic mass is 32.1. The third-order valence-corrected chi connectivity index (χ3v) is 4.51. The van der Waals surface area contributed by atoms with Gasteiger partial charge in [-0.2, -0.15) is 0 Å². The van der Waals surface area contributed by atoms with Crippen molar-refractivity contribution in [1.82, 2.24) is 4.57 Å². The monoisotopic (exact) mass is 343 g/mol. The highest BCUT2D eigenvalue weighted by Crippen LogP contribution is 2.19. The number of hydrogen-bond acceptors (Lipinski definition) is 4. The van der Waals surface area contributed by atoms with Crippen LogP contribution in [0.1, 0.15) is 33.5 Å². The van der Waals surface area contributed by atoms with Crippen LogP contribution in [0.5, 0.6) is 0 Å². The first-order valence-corrected chi connectivity index (χ1v) is 8.59. The predicted molar refractivity (Wildman–Crippen MR) is 96.6 cm³/mol. The number of hydrogen-bond donors (Lipinski definition) is 0. The van der Waals surface area contributed by atoms with Crippen LogP contribution in [0, 0.1) is 13.8 Å². The molecule has 0 aliphatic heterocycles. The van der Waals surface area contributed by atoms with Crippen LogP contribution < -0.4 is 0 Å². The molecule has 0 saturated heterocycles. The minimum absolute atomic E-state index is 0.187. The molecule has 2 aromatic heterocycles. The SMILES string of the molecule is C/C=C/C=C/C(=O)OCC(=O)c1cc(C)n(Cc2cccs2)c1C. The zero-order chi connectivity index (χ0) is 17.5. The van der Waals surface area contributed by atoms with Gasteiger partial charge < -0.3 is 9.30 Å². The van der Waals surface area contributed by atoms with Gasteiger partial charge in [-0.05, 0) is 38.3 Å². The molecule has 2 aromatic rings. The minimum Gasteiger partial charge on any atom is -0.454 e. The lowest BCUT2D eigenvalue weighted by Crippen LogP contribution is -2.13. The van der Waals surface area contributed by atoms with Gasteiger partial charge in [0.25, 0.3) is 0 Å². The highest BCUT2D eigenvalue weighted by Gasteiger charge is 2.17. The summed E-state index contributed by atoms with van der Waals surface area (Å²) in [5, 5.41) is 2.04. The van der Waals surface area contributed by atoms with Crippen LogP contribution in [0.15, 0.2) is 47.9 Å². The maximum atomic E-state index is 12.3. The maximum Gasteiger partial charge on any atom is 0.331 e. The van der Waals surface area contributed by atoms with Gasteiger partial charge in [-0.3, -0.25) is 4.79 Å². The van der Waals surface area contributed by atoms with Gasteiger partial charge in [0.15, 0.2) is 6.61 Å². The lowest BCUT2D eigenvalue weighted by atomic mass is 10.1. The molecule has 24 heavy (non-hydrogen) atoms. The van der Waals surface area contributed by atoms with Crippen molar-refractivity contribution < 1.29 is 14.3 Å². The van der Waals surface area contributed by atoms with Crippen molar-refractivity contribution >= 4 is 23.1 Å². The van der Waals surface area contributed by atoms with Crippen LogP contribution in [0.2, 0.25) is 0 Å². The molecular formula is C19H21NO3S. The molecule has 0 unspecified atom stereocenters. The van der Waals surface area contributed by atoms with Crippen molar-refractivity contribution in [3.63, 3.8) is 0 Å². The van der Waals surface area contributed by atoms with E-state index in [1.807, 2.05) is 38.3 Å². The van der Waals surface area contributed by atoms with E-state index in [4.69, 9.17) is 4.74 Å². The van der Waals surface area contributed by atoms with Gasteiger partial charge in [0.05, 0.1) is 6.54 Å². The molecule has 2 heterocycles. The van der Waals surface area contributed by atoms with E-state index in [9.17, 15) is 9.59 Å². The van der Waals surface area contributed by atoms with Crippen molar-refractivity contribution in [3.8, 4) is 0 Å². The van der Waals surface area contributed by atoms with E-state index in [1.165, 1.54) is 11.0 Å². The predicted octanol–water partition coefficient (Wildman–Crippen LogP) is 4.07. The number of nitrogens with zero attached hydrogens (tertiary/aromatic N) is 1. The summed E-state index contributed by atoms with van der Waals surface area (Å²) < 4.78 is 7.10. The van der Waals surface area contributed by atoms with E-state index in [0.717, 1.165) is 17.9 Å². The molecule has 0 N–H and O–H groups in total. The van der Waals surface area contributed by atoms with Gasteiger partial charge in [0, 0.05) is 27.9 Å². The smallest absolute Gasteiger partial charge is 0.331 e. The molecule has 0 aliphatic carbocycles. The molecule has 0 bridgehead atoms. The molecule has 0 aliphatic rings. The Hall–Kier alpha value is -2.40. The number of aryl methyl sites for hydroxylation is 1. The number of thiophene rings is 1. The van der Waals surface area contributed by atoms with Gasteiger partial charge in [0.1, 0.15) is 0 Å². The van der Waals surface area contributed by atoms with Crippen molar-refractivity contribution in [2.24, 2.45) is 0 Å². The lowest BCUT2D eigenvalue weighted by molar-refractivity contribution is -0.136. The van der Waals surface area contributed by atoms with Crippen LogP contribution in [0.3, 0.4) is 0 Å². The van der Waals surface area contributed by atoms with Crippen LogP contribution in [0.25, 0.3) is 0 Å². The Labute approximate surface area is 146 Å². The molecule has 0 radical (unpaired) electrons. The number of carbonyl (C=O) groups excluding carboxylic acids is 2. The Balaban J connectivity index is 2.03. The zero-order valence-corrected chi connectivity index (χ0v) is 14.9. The Kier molecular flexibility index (Phi) is 6.32. The second-order valence-electron chi connectivity index (χ2n) is 5.37. The molecule has 0 aromatic carbocycles. The third kappa shape index (κ3) is 4.55. The van der Waals surface area contributed by atoms with E-state index in [2.05, 4.69) is 10.6 Å². The van der Waals surface area contributed by atoms with E-state index < -0.39 is 5.97 Å². The van der Waals surface area contributed by atoms with Gasteiger partial charge in [-0.15, -0.1) is 11.3 Å². The highest BCUT2D eigenvalue weighted by molar-refractivity contribution is 7.09. The second kappa shape index (κ2) is 8.45. The minimum atomic E-state index is -0.520. The molecule has 2 rings (SSSR count). The number of Topliss-reactive ketones (excluding diaryl/α,β-unsaturated/α-hetero) is 1. The van der Waals surface area contributed by atoms with Gasteiger partial charge in [0.2, 0.25) is 5.78 Å². The molecule has 5 heteroatoms. The van der Waals surface area contributed by atoms with Crippen molar-refractivity contribution in [1.29, 1.82) is 0 Å². The standard InChI is InChI=1S/C19H21NO3S/c1-4-5-6-9-19(22)23-13-18(21)17-11-14(2)20(15(17)3)12-16-8-7-10-24-16/h4-11H,12-13H2,1-3H3/b5-4+,9-6+. The fourth-order valence-corrected chi connectivity index (χ4v) is 3.09.